The molecule has 1 rings (SSSR count). The highest BCUT2D eigenvalue weighted by molar-refractivity contribution is 7.84. The van der Waals surface area contributed by atoms with Crippen molar-refractivity contribution in [2.75, 3.05) is 12.4 Å². The third kappa shape index (κ3) is 5.13. The topological polar surface area (TPSA) is 43.4 Å². The lowest BCUT2D eigenvalue weighted by atomic mass is 10.2. The second-order valence-corrected chi connectivity index (χ2v) is 5.39. The van der Waals surface area contributed by atoms with Crippen molar-refractivity contribution in [3.63, 3.8) is 0 Å². The van der Waals surface area contributed by atoms with Crippen molar-refractivity contribution in [1.29, 1.82) is 0 Å². The van der Waals surface area contributed by atoms with Crippen LogP contribution in [0.5, 0.6) is 0 Å². The summed E-state index contributed by atoms with van der Waals surface area (Å²) in [7, 11) is -1.03. The molecule has 0 N–H and O–H groups in total. The van der Waals surface area contributed by atoms with Gasteiger partial charge in [0.2, 0.25) is 0 Å². The van der Waals surface area contributed by atoms with Crippen LogP contribution in [0.3, 0.4) is 0 Å². The number of esters is 1. The maximum atomic E-state index is 11.8. The average molecular weight is 254 g/mol. The number of hydrogen-bond donors (Lipinski definition) is 0. The fourth-order valence-electron chi connectivity index (χ4n) is 1.45. The van der Waals surface area contributed by atoms with Gasteiger partial charge in [-0.15, -0.1) is 0 Å². The van der Waals surface area contributed by atoms with Gasteiger partial charge in [0.05, 0.1) is 12.5 Å². The Morgan fingerprint density at radius 1 is 1.35 bits per heavy atom. The predicted molar refractivity (Wildman–Crippen MR) is 69.0 cm³/mol. The zero-order valence-electron chi connectivity index (χ0n) is 10.2. The van der Waals surface area contributed by atoms with Crippen molar-refractivity contribution in [3.8, 4) is 0 Å². The van der Waals surface area contributed by atoms with E-state index in [0.717, 1.165) is 5.56 Å². The molecule has 0 spiro atoms. The summed E-state index contributed by atoms with van der Waals surface area (Å²) in [4.78, 5) is 11.4. The monoisotopic (exact) mass is 254 g/mol. The summed E-state index contributed by atoms with van der Waals surface area (Å²) in [6, 6.07) is 9.64. The lowest BCUT2D eigenvalue weighted by molar-refractivity contribution is -0.146. The second-order valence-electron chi connectivity index (χ2n) is 3.89. The van der Waals surface area contributed by atoms with Crippen LogP contribution >= 0.6 is 0 Å². The molecular weight excluding hydrogens is 236 g/mol. The lowest BCUT2D eigenvalue weighted by Crippen LogP contribution is -2.21. The van der Waals surface area contributed by atoms with Crippen LogP contribution in [-0.4, -0.2) is 22.5 Å². The zero-order chi connectivity index (χ0) is 12.7. The van der Waals surface area contributed by atoms with Gasteiger partial charge in [0, 0.05) is 22.3 Å². The van der Waals surface area contributed by atoms with Gasteiger partial charge in [0.15, 0.2) is 0 Å². The van der Waals surface area contributed by atoms with Crippen LogP contribution in [0.25, 0.3) is 0 Å². The second kappa shape index (κ2) is 7.22. The molecule has 1 aromatic carbocycles. The van der Waals surface area contributed by atoms with Gasteiger partial charge >= 0.3 is 5.97 Å². The normalized spacial score (nSPS) is 14.0. The van der Waals surface area contributed by atoms with Crippen molar-refractivity contribution >= 4 is 16.8 Å². The zero-order valence-corrected chi connectivity index (χ0v) is 11.0. The van der Waals surface area contributed by atoms with E-state index in [1.54, 1.807) is 13.8 Å². The smallest absolute Gasteiger partial charge is 0.309 e. The van der Waals surface area contributed by atoms with E-state index in [1.807, 2.05) is 30.3 Å². The Labute approximate surface area is 105 Å². The minimum Gasteiger partial charge on any atom is -0.466 e. The molecule has 0 aliphatic heterocycles. The van der Waals surface area contributed by atoms with E-state index in [0.29, 0.717) is 18.1 Å². The molecule has 0 aromatic heterocycles. The van der Waals surface area contributed by atoms with Gasteiger partial charge in [-0.2, -0.15) is 0 Å². The molecular formula is C13H18O3S. The van der Waals surface area contributed by atoms with Crippen LogP contribution in [0.4, 0.5) is 0 Å². The highest BCUT2D eigenvalue weighted by atomic mass is 32.2. The summed E-state index contributed by atoms with van der Waals surface area (Å²) in [6.45, 7) is 3.89. The first kappa shape index (κ1) is 13.9. The molecule has 0 aliphatic carbocycles. The Bertz CT molecular complexity index is 376. The molecule has 2 atom stereocenters. The van der Waals surface area contributed by atoms with E-state index < -0.39 is 10.8 Å². The number of rotatable bonds is 6. The molecule has 94 valence electrons. The first-order valence-corrected chi connectivity index (χ1v) is 7.17. The third-order valence-corrected chi connectivity index (χ3v) is 3.82. The number of ether oxygens (including phenoxy) is 1. The maximum absolute atomic E-state index is 11.8. The first-order chi connectivity index (χ1) is 8.13. The molecule has 17 heavy (non-hydrogen) atoms. The van der Waals surface area contributed by atoms with Gasteiger partial charge in [-0.25, -0.2) is 0 Å². The van der Waals surface area contributed by atoms with E-state index in [2.05, 4.69) is 0 Å². The first-order valence-electron chi connectivity index (χ1n) is 5.69. The molecule has 0 bridgehead atoms. The predicted octanol–water partition coefficient (Wildman–Crippen LogP) is 2.13. The van der Waals surface area contributed by atoms with E-state index in [4.69, 9.17) is 4.74 Å². The highest BCUT2D eigenvalue weighted by Gasteiger charge is 2.17. The summed E-state index contributed by atoms with van der Waals surface area (Å²) < 4.78 is 16.7. The van der Waals surface area contributed by atoms with Crippen LogP contribution in [0, 0.1) is 5.92 Å². The Hall–Kier alpha value is -1.16. The molecule has 0 aliphatic rings. The molecule has 3 nitrogen and oxygen atoms in total. The molecule has 1 aromatic rings. The SMILES string of the molecule is CCOC(=O)C(C)CS(=O)Cc1ccccc1. The van der Waals surface area contributed by atoms with Crippen LogP contribution in [-0.2, 0) is 26.1 Å². The van der Waals surface area contributed by atoms with Gasteiger partial charge in [-0.3, -0.25) is 9.00 Å². The van der Waals surface area contributed by atoms with Gasteiger partial charge < -0.3 is 4.74 Å². The minimum absolute atomic E-state index is 0.270. The van der Waals surface area contributed by atoms with Crippen molar-refractivity contribution < 1.29 is 13.7 Å². The van der Waals surface area contributed by atoms with E-state index in [-0.39, 0.29) is 11.9 Å². The Balaban J connectivity index is 2.42. The number of carbonyl (C=O) groups excluding carboxylic acids is 1. The molecule has 4 heteroatoms. The van der Waals surface area contributed by atoms with Crippen molar-refractivity contribution in [3.05, 3.63) is 35.9 Å². The largest absolute Gasteiger partial charge is 0.466 e. The lowest BCUT2D eigenvalue weighted by Gasteiger charge is -2.10. The molecule has 0 heterocycles. The van der Waals surface area contributed by atoms with Crippen LogP contribution in [0.15, 0.2) is 30.3 Å². The third-order valence-electron chi connectivity index (χ3n) is 2.30. The van der Waals surface area contributed by atoms with E-state index in [1.165, 1.54) is 0 Å². The summed E-state index contributed by atoms with van der Waals surface area (Å²) in [6.07, 6.45) is 0. The fourth-order valence-corrected chi connectivity index (χ4v) is 2.83. The summed E-state index contributed by atoms with van der Waals surface area (Å²) in [5.74, 6) is 0.270. The van der Waals surface area contributed by atoms with Crippen LogP contribution in [0.1, 0.15) is 19.4 Å². The van der Waals surface area contributed by atoms with Gasteiger partial charge in [-0.05, 0) is 12.5 Å². The van der Waals surface area contributed by atoms with Crippen molar-refractivity contribution in [1.82, 2.24) is 0 Å². The molecule has 0 radical (unpaired) electrons. The molecule has 0 fully saturated rings. The van der Waals surface area contributed by atoms with Crippen LogP contribution in [0.2, 0.25) is 0 Å². The van der Waals surface area contributed by atoms with E-state index in [9.17, 15) is 9.00 Å². The maximum Gasteiger partial charge on any atom is 0.309 e. The van der Waals surface area contributed by atoms with Gasteiger partial charge in [0.25, 0.3) is 0 Å². The number of benzene rings is 1. The molecule has 0 amide bonds. The van der Waals surface area contributed by atoms with Crippen molar-refractivity contribution in [2.24, 2.45) is 5.92 Å². The quantitative estimate of drug-likeness (QED) is 0.730. The molecule has 0 saturated heterocycles. The highest BCUT2D eigenvalue weighted by Crippen LogP contribution is 2.07. The van der Waals surface area contributed by atoms with Crippen LogP contribution < -0.4 is 0 Å². The Morgan fingerprint density at radius 3 is 2.59 bits per heavy atom. The molecule has 2 unspecified atom stereocenters. The summed E-state index contributed by atoms with van der Waals surface area (Å²) in [5, 5.41) is 0. The minimum atomic E-state index is -1.03. The molecule has 0 saturated carbocycles. The number of hydrogen-bond acceptors (Lipinski definition) is 3. The Morgan fingerprint density at radius 2 is 2.00 bits per heavy atom. The van der Waals surface area contributed by atoms with Gasteiger partial charge in [0.1, 0.15) is 0 Å². The fraction of sp³-hybridized carbons (Fsp3) is 0.462. The summed E-state index contributed by atoms with van der Waals surface area (Å²) >= 11 is 0. The standard InChI is InChI=1S/C13H18O3S/c1-3-16-13(14)11(2)9-17(15)10-12-7-5-4-6-8-12/h4-8,11H,3,9-10H2,1-2H3. The van der Waals surface area contributed by atoms with Crippen molar-refractivity contribution in [2.45, 2.75) is 19.6 Å². The Kier molecular flexibility index (Phi) is 5.91. The summed E-state index contributed by atoms with van der Waals surface area (Å²) in [5.41, 5.74) is 1.03. The number of carbonyl (C=O) groups is 1. The van der Waals surface area contributed by atoms with Gasteiger partial charge in [-0.1, -0.05) is 37.3 Å². The average Bonchev–Trinajstić information content (AvgIpc) is 2.30. The van der Waals surface area contributed by atoms with E-state index >= 15 is 0 Å².